The Balaban J connectivity index is 4.35. The smallest absolute Gasteiger partial charge is 0.148 e. The van der Waals surface area contributed by atoms with Crippen LogP contribution in [0.1, 0.15) is 26.7 Å². The van der Waals surface area contributed by atoms with E-state index < -0.39 is 9.84 Å². The molecule has 0 radical (unpaired) electrons. The van der Waals surface area contributed by atoms with Crippen LogP contribution in [0, 0.1) is 5.41 Å². The highest BCUT2D eigenvalue weighted by atomic mass is 32.2. The third-order valence-electron chi connectivity index (χ3n) is 3.50. The normalized spacial score (nSPS) is 13.3. The second-order valence-corrected chi connectivity index (χ2v) is 7.36. The molecule has 0 saturated carbocycles. The van der Waals surface area contributed by atoms with E-state index in [0.717, 1.165) is 25.9 Å². The molecule has 0 aliphatic heterocycles. The van der Waals surface area contributed by atoms with E-state index in [1.165, 1.54) is 6.26 Å². The van der Waals surface area contributed by atoms with Gasteiger partial charge < -0.3 is 10.2 Å². The van der Waals surface area contributed by atoms with Crippen molar-refractivity contribution >= 4 is 9.84 Å². The van der Waals surface area contributed by atoms with Gasteiger partial charge in [-0.05, 0) is 32.4 Å². The third kappa shape index (κ3) is 7.01. The van der Waals surface area contributed by atoms with Crippen molar-refractivity contribution < 1.29 is 8.42 Å². The van der Waals surface area contributed by atoms with Gasteiger partial charge in [-0.1, -0.05) is 13.8 Å². The lowest BCUT2D eigenvalue weighted by molar-refractivity contribution is 0.163. The summed E-state index contributed by atoms with van der Waals surface area (Å²) in [6, 6.07) is 0. The van der Waals surface area contributed by atoms with E-state index in [1.54, 1.807) is 0 Å². The van der Waals surface area contributed by atoms with Crippen LogP contribution in [0.25, 0.3) is 0 Å². The van der Waals surface area contributed by atoms with E-state index in [2.05, 4.69) is 24.1 Å². The Kier molecular flexibility index (Phi) is 7.28. The number of rotatable bonds is 9. The van der Waals surface area contributed by atoms with Crippen LogP contribution in [0.3, 0.4) is 0 Å². The van der Waals surface area contributed by atoms with E-state index in [4.69, 9.17) is 0 Å². The quantitative estimate of drug-likeness (QED) is 0.675. The summed E-state index contributed by atoms with van der Waals surface area (Å²) in [7, 11) is 1.11. The fourth-order valence-electron chi connectivity index (χ4n) is 2.13. The molecule has 4 nitrogen and oxygen atoms in total. The topological polar surface area (TPSA) is 49.4 Å². The van der Waals surface area contributed by atoms with Crippen LogP contribution in [0.2, 0.25) is 0 Å². The number of nitrogens with one attached hydrogen (secondary N) is 1. The van der Waals surface area contributed by atoms with Crippen LogP contribution >= 0.6 is 0 Å². The zero-order valence-electron chi connectivity index (χ0n) is 11.9. The van der Waals surface area contributed by atoms with Gasteiger partial charge in [-0.15, -0.1) is 0 Å². The van der Waals surface area contributed by atoms with Crippen molar-refractivity contribution in [2.75, 3.05) is 45.7 Å². The highest BCUT2D eigenvalue weighted by Gasteiger charge is 2.26. The van der Waals surface area contributed by atoms with Gasteiger partial charge in [0.1, 0.15) is 9.84 Å². The van der Waals surface area contributed by atoms with Gasteiger partial charge in [0.05, 0.1) is 5.75 Å². The van der Waals surface area contributed by atoms with Gasteiger partial charge in [0.2, 0.25) is 0 Å². The van der Waals surface area contributed by atoms with Crippen LogP contribution in [0.15, 0.2) is 0 Å². The van der Waals surface area contributed by atoms with Crippen molar-refractivity contribution in [2.45, 2.75) is 26.7 Å². The molecule has 0 atom stereocenters. The fraction of sp³-hybridized carbons (Fsp3) is 1.00. The number of hydrogen-bond acceptors (Lipinski definition) is 4. The van der Waals surface area contributed by atoms with Gasteiger partial charge in [-0.2, -0.15) is 0 Å². The lowest BCUT2D eigenvalue weighted by Crippen LogP contribution is -2.42. The molecule has 0 bridgehead atoms. The van der Waals surface area contributed by atoms with Crippen LogP contribution in [0.5, 0.6) is 0 Å². The summed E-state index contributed by atoms with van der Waals surface area (Å²) in [6.45, 7) is 6.93. The van der Waals surface area contributed by atoms with Gasteiger partial charge in [0.25, 0.3) is 0 Å². The van der Waals surface area contributed by atoms with Crippen LogP contribution in [0.4, 0.5) is 0 Å². The average Bonchev–Trinajstić information content (AvgIpc) is 2.25. The molecule has 0 aliphatic carbocycles. The first-order chi connectivity index (χ1) is 7.78. The van der Waals surface area contributed by atoms with Crippen molar-refractivity contribution in [1.29, 1.82) is 0 Å². The SMILES string of the molecule is CCC(CC)(CNC)CN(C)CCS(C)(=O)=O. The molecule has 0 aromatic carbocycles. The van der Waals surface area contributed by atoms with Crippen molar-refractivity contribution in [3.8, 4) is 0 Å². The van der Waals surface area contributed by atoms with Gasteiger partial charge in [0.15, 0.2) is 0 Å². The maximum atomic E-state index is 11.1. The molecule has 0 aromatic heterocycles. The minimum atomic E-state index is -2.86. The summed E-state index contributed by atoms with van der Waals surface area (Å²) in [5.74, 6) is 0.243. The lowest BCUT2D eigenvalue weighted by atomic mass is 9.81. The molecular weight excluding hydrogens is 236 g/mol. The summed E-state index contributed by atoms with van der Waals surface area (Å²) in [5, 5.41) is 3.24. The fourth-order valence-corrected chi connectivity index (χ4v) is 2.77. The molecule has 17 heavy (non-hydrogen) atoms. The summed E-state index contributed by atoms with van der Waals surface area (Å²) in [6.07, 6.45) is 3.50. The average molecular weight is 264 g/mol. The molecule has 0 spiro atoms. The predicted molar refractivity (Wildman–Crippen MR) is 74.1 cm³/mol. The maximum absolute atomic E-state index is 11.1. The van der Waals surface area contributed by atoms with Crippen LogP contribution in [-0.2, 0) is 9.84 Å². The van der Waals surface area contributed by atoms with E-state index in [-0.39, 0.29) is 11.2 Å². The second-order valence-electron chi connectivity index (χ2n) is 5.11. The van der Waals surface area contributed by atoms with Gasteiger partial charge in [-0.25, -0.2) is 8.42 Å². The van der Waals surface area contributed by atoms with Crippen LogP contribution in [-0.4, -0.2) is 59.1 Å². The zero-order valence-corrected chi connectivity index (χ0v) is 12.7. The summed E-state index contributed by atoms with van der Waals surface area (Å²) >= 11 is 0. The van der Waals surface area contributed by atoms with Crippen molar-refractivity contribution in [3.63, 3.8) is 0 Å². The Morgan fingerprint density at radius 2 is 1.76 bits per heavy atom. The standard InChI is InChI=1S/C12H28N2O2S/c1-6-12(7-2,10-13-3)11-14(4)8-9-17(5,15)16/h13H,6-11H2,1-5H3. The minimum Gasteiger partial charge on any atom is -0.319 e. The number of sulfone groups is 1. The first-order valence-electron chi connectivity index (χ1n) is 6.29. The summed E-state index contributed by atoms with van der Waals surface area (Å²) in [5.41, 5.74) is 0.251. The van der Waals surface area contributed by atoms with Crippen molar-refractivity contribution in [2.24, 2.45) is 5.41 Å². The van der Waals surface area contributed by atoms with Gasteiger partial charge >= 0.3 is 0 Å². The van der Waals surface area contributed by atoms with Gasteiger partial charge in [-0.3, -0.25) is 0 Å². The molecule has 0 fully saturated rings. The predicted octanol–water partition coefficient (Wildman–Crippen LogP) is 0.989. The molecule has 1 N–H and O–H groups in total. The van der Waals surface area contributed by atoms with E-state index >= 15 is 0 Å². The third-order valence-corrected chi connectivity index (χ3v) is 4.43. The monoisotopic (exact) mass is 264 g/mol. The molecule has 0 amide bonds. The maximum Gasteiger partial charge on any atom is 0.148 e. The van der Waals surface area contributed by atoms with E-state index in [0.29, 0.717) is 6.54 Å². The lowest BCUT2D eigenvalue weighted by Gasteiger charge is -2.35. The van der Waals surface area contributed by atoms with Crippen LogP contribution < -0.4 is 5.32 Å². The molecule has 0 unspecified atom stereocenters. The Morgan fingerprint density at radius 3 is 2.12 bits per heavy atom. The molecule has 0 aromatic rings. The van der Waals surface area contributed by atoms with E-state index in [9.17, 15) is 8.42 Å². The highest BCUT2D eigenvalue weighted by molar-refractivity contribution is 7.90. The molecule has 0 rings (SSSR count). The molecule has 0 heterocycles. The first-order valence-corrected chi connectivity index (χ1v) is 8.35. The molecule has 0 aliphatic rings. The number of hydrogen-bond donors (Lipinski definition) is 1. The Hall–Kier alpha value is -0.130. The largest absolute Gasteiger partial charge is 0.319 e. The molecule has 0 saturated heterocycles. The Morgan fingerprint density at radius 1 is 1.24 bits per heavy atom. The summed E-state index contributed by atoms with van der Waals surface area (Å²) < 4.78 is 22.3. The second kappa shape index (κ2) is 7.34. The molecule has 5 heteroatoms. The summed E-state index contributed by atoms with van der Waals surface area (Å²) in [4.78, 5) is 2.13. The zero-order chi connectivity index (χ0) is 13.5. The first kappa shape index (κ1) is 16.9. The highest BCUT2D eigenvalue weighted by Crippen LogP contribution is 2.26. The minimum absolute atomic E-state index is 0.243. The van der Waals surface area contributed by atoms with Gasteiger partial charge in [0, 0.05) is 25.9 Å². The van der Waals surface area contributed by atoms with Crippen molar-refractivity contribution in [3.05, 3.63) is 0 Å². The molecule has 104 valence electrons. The Labute approximate surface area is 107 Å². The van der Waals surface area contributed by atoms with Crippen molar-refractivity contribution in [1.82, 2.24) is 10.2 Å². The van der Waals surface area contributed by atoms with E-state index in [1.807, 2.05) is 14.1 Å². The Bertz CT molecular complexity index is 298. The molecular formula is C12H28N2O2S. The number of nitrogens with zero attached hydrogens (tertiary/aromatic N) is 1.